The van der Waals surface area contributed by atoms with Gasteiger partial charge < -0.3 is 0 Å². The molecule has 0 saturated carbocycles. The third-order valence-corrected chi connectivity index (χ3v) is 2.08. The predicted molar refractivity (Wildman–Crippen MR) is 54.8 cm³/mol. The lowest BCUT2D eigenvalue weighted by Crippen LogP contribution is -1.83. The average Bonchev–Trinajstić information content (AvgIpc) is 1.97. The highest BCUT2D eigenvalue weighted by molar-refractivity contribution is 7.80. The van der Waals surface area contributed by atoms with Gasteiger partial charge in [-0.25, -0.2) is 0 Å². The molecule has 0 unspecified atom stereocenters. The maximum atomic E-state index is 4.16. The van der Waals surface area contributed by atoms with Crippen molar-refractivity contribution in [3.05, 3.63) is 0 Å². The van der Waals surface area contributed by atoms with Crippen LogP contribution in [0.5, 0.6) is 0 Å². The molecule has 0 aromatic carbocycles. The summed E-state index contributed by atoms with van der Waals surface area (Å²) in [6, 6.07) is 0. The molecular weight excluding hydrogens is 139 g/mol. The summed E-state index contributed by atoms with van der Waals surface area (Å²) in [7, 11) is 1.35. The molecule has 0 N–H and O–H groups in total. The van der Waals surface area contributed by atoms with Gasteiger partial charge >= 0.3 is 0 Å². The molecule has 60 valence electrons. The third kappa shape index (κ3) is 8.41. The van der Waals surface area contributed by atoms with Gasteiger partial charge in [-0.05, 0) is 12.2 Å². The van der Waals surface area contributed by atoms with E-state index in [4.69, 9.17) is 0 Å². The van der Waals surface area contributed by atoms with Crippen molar-refractivity contribution in [1.29, 1.82) is 0 Å². The second-order valence-electron chi connectivity index (χ2n) is 2.84. The first-order valence-electron chi connectivity index (χ1n) is 4.52. The van der Waals surface area contributed by atoms with Gasteiger partial charge in [-0.1, -0.05) is 38.8 Å². The van der Waals surface area contributed by atoms with Crippen LogP contribution in [0.15, 0.2) is 0 Å². The van der Waals surface area contributed by atoms with E-state index in [0.717, 1.165) is 5.75 Å². The first-order chi connectivity index (χ1) is 4.91. The molecule has 0 bridgehead atoms. The maximum absolute atomic E-state index is 4.16. The van der Waals surface area contributed by atoms with E-state index < -0.39 is 0 Å². The van der Waals surface area contributed by atoms with Crippen molar-refractivity contribution in [2.75, 3.05) is 5.75 Å². The normalized spacial score (nSPS) is 9.80. The van der Waals surface area contributed by atoms with Gasteiger partial charge in [0.15, 0.2) is 0 Å². The van der Waals surface area contributed by atoms with Crippen molar-refractivity contribution in [3.63, 3.8) is 0 Å². The van der Waals surface area contributed by atoms with Crippen LogP contribution in [0.4, 0.5) is 0 Å². The maximum Gasteiger partial charge on any atom is 0.117 e. The Morgan fingerprint density at radius 1 is 1.00 bits per heavy atom. The second kappa shape index (κ2) is 9.41. The minimum Gasteiger partial charge on any atom is -0.179 e. The van der Waals surface area contributed by atoms with Crippen molar-refractivity contribution in [2.24, 2.45) is 0 Å². The average molecular weight is 158 g/mol. The second-order valence-corrected chi connectivity index (χ2v) is 3.29. The van der Waals surface area contributed by atoms with Crippen LogP contribution in [0.2, 0.25) is 13.1 Å². The summed E-state index contributed by atoms with van der Waals surface area (Å²) in [5.74, 6) is 1.06. The van der Waals surface area contributed by atoms with Crippen LogP contribution in [-0.4, -0.2) is 13.0 Å². The molecule has 0 radical (unpaired) electrons. The summed E-state index contributed by atoms with van der Waals surface area (Å²) < 4.78 is 0. The van der Waals surface area contributed by atoms with Gasteiger partial charge in [0.1, 0.15) is 7.28 Å². The molecule has 0 fully saturated rings. The Labute approximate surface area is 71.4 Å². The molecule has 10 heavy (non-hydrogen) atoms. The first kappa shape index (κ1) is 10.4. The lowest BCUT2D eigenvalue weighted by Gasteiger charge is -1.97. The quantitative estimate of drug-likeness (QED) is 0.328. The number of rotatable bonds is 7. The molecular formula is C8H19BS. The van der Waals surface area contributed by atoms with E-state index in [1.54, 1.807) is 0 Å². The third-order valence-electron chi connectivity index (χ3n) is 1.76. The molecule has 0 saturated heterocycles. The fraction of sp³-hybridized carbons (Fsp3) is 1.00. The molecule has 2 heteroatoms. The van der Waals surface area contributed by atoms with Crippen LogP contribution < -0.4 is 0 Å². The Kier molecular flexibility index (Phi) is 9.81. The molecule has 0 amide bonds. The summed E-state index contributed by atoms with van der Waals surface area (Å²) in [4.78, 5) is 0. The SMILES string of the molecule is CBCCCCCCCS. The van der Waals surface area contributed by atoms with Gasteiger partial charge in [0.2, 0.25) is 0 Å². The van der Waals surface area contributed by atoms with Crippen molar-refractivity contribution < 1.29 is 0 Å². The summed E-state index contributed by atoms with van der Waals surface area (Å²) >= 11 is 4.16. The van der Waals surface area contributed by atoms with Gasteiger partial charge in [-0.3, -0.25) is 0 Å². The lowest BCUT2D eigenvalue weighted by molar-refractivity contribution is 0.659. The number of thiol groups is 1. The minimum absolute atomic E-state index is 1.06. The van der Waals surface area contributed by atoms with E-state index in [0.29, 0.717) is 0 Å². The largest absolute Gasteiger partial charge is 0.179 e. The van der Waals surface area contributed by atoms with Crippen LogP contribution in [0.25, 0.3) is 0 Å². The van der Waals surface area contributed by atoms with E-state index in [2.05, 4.69) is 19.5 Å². The van der Waals surface area contributed by atoms with Crippen LogP contribution in [0, 0.1) is 0 Å². The smallest absolute Gasteiger partial charge is 0.117 e. The summed E-state index contributed by atoms with van der Waals surface area (Å²) in [6.45, 7) is 2.26. The highest BCUT2D eigenvalue weighted by Gasteiger charge is 1.88. The minimum atomic E-state index is 1.06. The highest BCUT2D eigenvalue weighted by Crippen LogP contribution is 2.05. The van der Waals surface area contributed by atoms with Gasteiger partial charge in [0, 0.05) is 0 Å². The fourth-order valence-corrected chi connectivity index (χ4v) is 1.29. The van der Waals surface area contributed by atoms with E-state index in [1.165, 1.54) is 45.7 Å². The zero-order valence-corrected chi connectivity index (χ0v) is 8.00. The molecule has 0 spiro atoms. The molecule has 0 aromatic heterocycles. The van der Waals surface area contributed by atoms with E-state index in [9.17, 15) is 0 Å². The summed E-state index contributed by atoms with van der Waals surface area (Å²) in [5, 5.41) is 0. The van der Waals surface area contributed by atoms with E-state index >= 15 is 0 Å². The number of unbranched alkanes of at least 4 members (excludes halogenated alkanes) is 4. The van der Waals surface area contributed by atoms with Crippen LogP contribution in [0.1, 0.15) is 32.1 Å². The Morgan fingerprint density at radius 3 is 2.20 bits per heavy atom. The van der Waals surface area contributed by atoms with Crippen LogP contribution in [0.3, 0.4) is 0 Å². The molecule has 0 aromatic rings. The first-order valence-corrected chi connectivity index (χ1v) is 5.16. The molecule has 0 nitrogen and oxygen atoms in total. The Bertz CT molecular complexity index is 49.2. The Morgan fingerprint density at radius 2 is 1.60 bits per heavy atom. The van der Waals surface area contributed by atoms with Gasteiger partial charge in [-0.2, -0.15) is 12.6 Å². The number of hydrogen-bond donors (Lipinski definition) is 1. The summed E-state index contributed by atoms with van der Waals surface area (Å²) in [5.41, 5.74) is 0. The van der Waals surface area contributed by atoms with Crippen molar-refractivity contribution in [2.45, 2.75) is 45.2 Å². The number of hydrogen-bond acceptors (Lipinski definition) is 1. The van der Waals surface area contributed by atoms with Crippen LogP contribution >= 0.6 is 12.6 Å². The van der Waals surface area contributed by atoms with Crippen molar-refractivity contribution >= 4 is 19.9 Å². The molecule has 0 aliphatic rings. The van der Waals surface area contributed by atoms with E-state index in [1.807, 2.05) is 0 Å². The zero-order chi connectivity index (χ0) is 7.66. The molecule has 0 rings (SSSR count). The van der Waals surface area contributed by atoms with Gasteiger partial charge in [0.25, 0.3) is 0 Å². The summed E-state index contributed by atoms with van der Waals surface area (Å²) in [6.07, 6.45) is 8.38. The van der Waals surface area contributed by atoms with Gasteiger partial charge in [-0.15, -0.1) is 0 Å². The molecule has 0 aliphatic carbocycles. The van der Waals surface area contributed by atoms with Gasteiger partial charge in [0.05, 0.1) is 0 Å². The van der Waals surface area contributed by atoms with Crippen molar-refractivity contribution in [1.82, 2.24) is 0 Å². The zero-order valence-electron chi connectivity index (χ0n) is 7.10. The highest BCUT2D eigenvalue weighted by atomic mass is 32.1. The predicted octanol–water partition coefficient (Wildman–Crippen LogP) is 2.77. The molecule has 0 aliphatic heterocycles. The topological polar surface area (TPSA) is 0 Å². The standard InChI is InChI=1S/C8H19BS/c1-9-7-5-3-2-4-6-8-10/h9-10H,2-8H2,1H3. The Hall–Kier alpha value is 0.415. The van der Waals surface area contributed by atoms with Crippen LogP contribution in [-0.2, 0) is 0 Å². The van der Waals surface area contributed by atoms with Crippen molar-refractivity contribution in [3.8, 4) is 0 Å². The van der Waals surface area contributed by atoms with E-state index in [-0.39, 0.29) is 0 Å². The Balaban J connectivity index is 2.65. The monoisotopic (exact) mass is 158 g/mol. The lowest BCUT2D eigenvalue weighted by atomic mass is 9.76. The molecule has 0 atom stereocenters. The molecule has 0 heterocycles. The fourth-order valence-electron chi connectivity index (χ4n) is 1.07.